The average molecular weight is 732 g/mol. The summed E-state index contributed by atoms with van der Waals surface area (Å²) in [6.45, 7) is 0. The molecule has 0 aliphatic rings. The molecule has 0 saturated carbocycles. The molecule has 0 atom stereocenters. The first kappa shape index (κ1) is 33.6. The molecule has 10 aromatic rings. The summed E-state index contributed by atoms with van der Waals surface area (Å²) in [7, 11) is 0. The smallest absolute Gasteiger partial charge is 0.0462 e. The van der Waals surface area contributed by atoms with Crippen molar-refractivity contribution in [1.29, 1.82) is 0 Å². The van der Waals surface area contributed by atoms with E-state index in [1.807, 2.05) is 11.3 Å². The van der Waals surface area contributed by atoms with E-state index in [1.54, 1.807) is 0 Å². The third-order valence-electron chi connectivity index (χ3n) is 10.7. The molecule has 0 spiro atoms. The van der Waals surface area contributed by atoms with E-state index >= 15 is 0 Å². The van der Waals surface area contributed by atoms with E-state index in [-0.39, 0.29) is 0 Å². The van der Waals surface area contributed by atoms with Crippen molar-refractivity contribution in [2.24, 2.45) is 0 Å². The Morgan fingerprint density at radius 2 is 0.607 bits per heavy atom. The predicted molar refractivity (Wildman–Crippen MR) is 241 cm³/mol. The van der Waals surface area contributed by atoms with E-state index in [1.165, 1.54) is 75.8 Å². The highest BCUT2D eigenvalue weighted by Crippen LogP contribution is 2.41. The lowest BCUT2D eigenvalue weighted by atomic mass is 9.99. The highest BCUT2D eigenvalue weighted by Gasteiger charge is 2.15. The minimum Gasteiger partial charge on any atom is -0.311 e. The maximum atomic E-state index is 2.35. The molecule has 0 saturated heterocycles. The van der Waals surface area contributed by atoms with Gasteiger partial charge in [-0.15, -0.1) is 11.3 Å². The molecule has 1 nitrogen and oxygen atoms in total. The number of hydrogen-bond donors (Lipinski definition) is 0. The lowest BCUT2D eigenvalue weighted by Gasteiger charge is -2.26. The van der Waals surface area contributed by atoms with Gasteiger partial charge in [0.2, 0.25) is 0 Å². The minimum atomic E-state index is 1.11. The third kappa shape index (κ3) is 6.57. The van der Waals surface area contributed by atoms with Gasteiger partial charge in [-0.3, -0.25) is 0 Å². The van der Waals surface area contributed by atoms with Gasteiger partial charge in [0.05, 0.1) is 0 Å². The van der Waals surface area contributed by atoms with Crippen LogP contribution in [0.4, 0.5) is 17.1 Å². The fraction of sp³-hybridized carbons (Fsp3) is 0. The van der Waals surface area contributed by atoms with E-state index in [2.05, 4.69) is 229 Å². The van der Waals surface area contributed by atoms with Crippen molar-refractivity contribution in [2.45, 2.75) is 0 Å². The summed E-state index contributed by atoms with van der Waals surface area (Å²) in [4.78, 5) is 3.63. The van der Waals surface area contributed by atoms with Gasteiger partial charge in [-0.25, -0.2) is 0 Å². The van der Waals surface area contributed by atoms with Crippen LogP contribution in [0.25, 0.3) is 75.8 Å². The van der Waals surface area contributed by atoms with Crippen LogP contribution >= 0.6 is 11.3 Å². The fourth-order valence-corrected chi connectivity index (χ4v) is 8.91. The number of benzene rings is 9. The van der Waals surface area contributed by atoms with E-state index in [0.717, 1.165) is 17.1 Å². The van der Waals surface area contributed by atoms with Crippen molar-refractivity contribution >= 4 is 49.3 Å². The van der Waals surface area contributed by atoms with Gasteiger partial charge in [-0.05, 0) is 109 Å². The molecule has 0 radical (unpaired) electrons. The third-order valence-corrected chi connectivity index (χ3v) is 12.0. The molecule has 2 heteroatoms. The van der Waals surface area contributed by atoms with Crippen molar-refractivity contribution in [3.63, 3.8) is 0 Å². The van der Waals surface area contributed by atoms with Crippen LogP contribution in [0, 0.1) is 0 Å². The molecule has 10 rings (SSSR count). The summed E-state index contributed by atoms with van der Waals surface area (Å²) in [6.07, 6.45) is 0. The molecule has 264 valence electrons. The molecule has 0 N–H and O–H groups in total. The number of anilines is 3. The number of fused-ring (bicyclic) bond motifs is 3. The van der Waals surface area contributed by atoms with Gasteiger partial charge in [0.1, 0.15) is 0 Å². The van der Waals surface area contributed by atoms with E-state index in [4.69, 9.17) is 0 Å². The topological polar surface area (TPSA) is 3.24 Å². The maximum Gasteiger partial charge on any atom is 0.0462 e. The molecule has 0 unspecified atom stereocenters. The molecule has 1 aromatic heterocycles. The Kier molecular flexibility index (Phi) is 8.79. The van der Waals surface area contributed by atoms with Crippen molar-refractivity contribution in [1.82, 2.24) is 0 Å². The SMILES string of the molecule is c1ccc(-c2ccc(-c3ccc(N(c4ccc(-c5ccc(-c6ccccc6)cc5)cc4)c4ccc(-c5cc6ccc7ccccc7c6s5)cc4)cc3)cc2)cc1. The molecular formula is C54H37NS. The average Bonchev–Trinajstić information content (AvgIpc) is 3.73. The summed E-state index contributed by atoms with van der Waals surface area (Å²) >= 11 is 1.87. The maximum absolute atomic E-state index is 2.35. The monoisotopic (exact) mass is 731 g/mol. The molecule has 0 aliphatic carbocycles. The van der Waals surface area contributed by atoms with Crippen LogP contribution in [0.1, 0.15) is 0 Å². The number of hydrogen-bond acceptors (Lipinski definition) is 2. The van der Waals surface area contributed by atoms with Gasteiger partial charge in [0.25, 0.3) is 0 Å². The Balaban J connectivity index is 0.979. The molecule has 9 aromatic carbocycles. The largest absolute Gasteiger partial charge is 0.311 e. The van der Waals surface area contributed by atoms with Crippen LogP contribution < -0.4 is 4.90 Å². The van der Waals surface area contributed by atoms with Gasteiger partial charge in [-0.1, -0.05) is 182 Å². The number of thiophene rings is 1. The Morgan fingerprint density at radius 1 is 0.268 bits per heavy atom. The van der Waals surface area contributed by atoms with Gasteiger partial charge in [0, 0.05) is 26.6 Å². The zero-order valence-electron chi connectivity index (χ0n) is 30.7. The first-order chi connectivity index (χ1) is 27.7. The zero-order valence-corrected chi connectivity index (χ0v) is 31.5. The molecule has 1 heterocycles. The van der Waals surface area contributed by atoms with Gasteiger partial charge < -0.3 is 4.90 Å². The predicted octanol–water partition coefficient (Wildman–Crippen LogP) is 15.9. The quantitative estimate of drug-likeness (QED) is 0.150. The van der Waals surface area contributed by atoms with Crippen LogP contribution in [0.5, 0.6) is 0 Å². The standard InChI is InChI=1S/C54H37NS/c1-3-9-38(10-4-1)40-15-19-42(20-16-40)44-25-31-49(32-26-44)55(50-33-27-45(28-34-50)43-21-17-41(18-22-43)39-11-5-2-6-12-39)51-35-29-47(30-36-51)53-37-48-24-23-46-13-7-8-14-52(46)54(48)56-53/h1-37H. The second-order valence-electron chi connectivity index (χ2n) is 14.2. The normalized spacial score (nSPS) is 11.2. The second-order valence-corrected chi connectivity index (χ2v) is 15.2. The number of nitrogens with zero attached hydrogens (tertiary/aromatic N) is 1. The zero-order chi connectivity index (χ0) is 37.3. The number of rotatable bonds is 8. The lowest BCUT2D eigenvalue weighted by molar-refractivity contribution is 1.28. The highest BCUT2D eigenvalue weighted by molar-refractivity contribution is 7.23. The Morgan fingerprint density at radius 3 is 1.05 bits per heavy atom. The fourth-order valence-electron chi connectivity index (χ4n) is 7.71. The van der Waals surface area contributed by atoms with E-state index in [9.17, 15) is 0 Å². The minimum absolute atomic E-state index is 1.11. The van der Waals surface area contributed by atoms with Crippen molar-refractivity contribution in [3.05, 3.63) is 224 Å². The molecule has 56 heavy (non-hydrogen) atoms. The van der Waals surface area contributed by atoms with Crippen molar-refractivity contribution < 1.29 is 0 Å². The van der Waals surface area contributed by atoms with E-state index < -0.39 is 0 Å². The van der Waals surface area contributed by atoms with Crippen LogP contribution in [-0.4, -0.2) is 0 Å². The second kappa shape index (κ2) is 14.7. The van der Waals surface area contributed by atoms with Gasteiger partial charge in [0.15, 0.2) is 0 Å². The summed E-state index contributed by atoms with van der Waals surface area (Å²) in [6, 6.07) is 81.2. The summed E-state index contributed by atoms with van der Waals surface area (Å²) in [5.41, 5.74) is 14.2. The Hall–Kier alpha value is -7.00. The van der Waals surface area contributed by atoms with Crippen LogP contribution in [0.2, 0.25) is 0 Å². The summed E-state index contributed by atoms with van der Waals surface area (Å²) in [5.74, 6) is 0. The Bertz CT molecular complexity index is 2770. The molecule has 0 bridgehead atoms. The Labute approximate surface area is 332 Å². The molecular weight excluding hydrogens is 695 g/mol. The van der Waals surface area contributed by atoms with Gasteiger partial charge in [-0.2, -0.15) is 0 Å². The first-order valence-electron chi connectivity index (χ1n) is 19.1. The van der Waals surface area contributed by atoms with Crippen LogP contribution in [0.15, 0.2) is 224 Å². The summed E-state index contributed by atoms with van der Waals surface area (Å²) in [5, 5.41) is 3.89. The van der Waals surface area contributed by atoms with Crippen LogP contribution in [-0.2, 0) is 0 Å². The molecule has 0 aliphatic heterocycles. The molecule has 0 fully saturated rings. The lowest BCUT2D eigenvalue weighted by Crippen LogP contribution is -2.09. The highest BCUT2D eigenvalue weighted by atomic mass is 32.1. The van der Waals surface area contributed by atoms with Gasteiger partial charge >= 0.3 is 0 Å². The first-order valence-corrected chi connectivity index (χ1v) is 19.9. The van der Waals surface area contributed by atoms with E-state index in [0.29, 0.717) is 0 Å². The van der Waals surface area contributed by atoms with Crippen molar-refractivity contribution in [2.75, 3.05) is 4.90 Å². The van der Waals surface area contributed by atoms with Crippen molar-refractivity contribution in [3.8, 4) is 54.9 Å². The molecule has 0 amide bonds. The summed E-state index contributed by atoms with van der Waals surface area (Å²) < 4.78 is 1.34. The van der Waals surface area contributed by atoms with Crippen LogP contribution in [0.3, 0.4) is 0 Å².